The number of fused-ring (bicyclic) bond motifs is 1. The number of H-pyrrole nitrogens is 1. The molecule has 0 atom stereocenters. The number of imidazole rings is 1. The summed E-state index contributed by atoms with van der Waals surface area (Å²) in [5.41, 5.74) is 3.96. The lowest BCUT2D eigenvalue weighted by molar-refractivity contribution is 0.102. The highest BCUT2D eigenvalue weighted by atomic mass is 16.5. The zero-order valence-electron chi connectivity index (χ0n) is 16.6. The van der Waals surface area contributed by atoms with Crippen molar-refractivity contribution in [2.45, 2.75) is 0 Å². The van der Waals surface area contributed by atoms with Crippen LogP contribution < -0.4 is 10.1 Å². The SMILES string of the molecule is O=C(Nc1ccc2nc(-c3ccc(Oc4ccccc4)cc3)[nH]c2c1)c1ccccc1. The van der Waals surface area contributed by atoms with Crippen molar-refractivity contribution in [3.63, 3.8) is 0 Å². The molecule has 0 aliphatic heterocycles. The first-order valence-electron chi connectivity index (χ1n) is 9.94. The van der Waals surface area contributed by atoms with Crippen LogP contribution in [0.3, 0.4) is 0 Å². The summed E-state index contributed by atoms with van der Waals surface area (Å²) in [6.45, 7) is 0. The second kappa shape index (κ2) is 8.16. The Bertz CT molecular complexity index is 1330. The van der Waals surface area contributed by atoms with Gasteiger partial charge in [-0.25, -0.2) is 4.98 Å². The Labute approximate surface area is 179 Å². The third kappa shape index (κ3) is 4.16. The molecule has 4 aromatic carbocycles. The Balaban J connectivity index is 1.34. The molecule has 0 saturated heterocycles. The van der Waals surface area contributed by atoms with Gasteiger partial charge in [0.25, 0.3) is 5.91 Å². The van der Waals surface area contributed by atoms with Gasteiger partial charge in [0.15, 0.2) is 0 Å². The standard InChI is InChI=1S/C26H19N3O2/c30-26(19-7-3-1-4-8-19)27-20-13-16-23-24(17-20)29-25(28-23)18-11-14-22(15-12-18)31-21-9-5-2-6-10-21/h1-17H,(H,27,30)(H,28,29). The number of benzene rings is 4. The van der Waals surface area contributed by atoms with E-state index < -0.39 is 0 Å². The quantitative estimate of drug-likeness (QED) is 0.362. The molecule has 2 N–H and O–H groups in total. The number of carbonyl (C=O) groups is 1. The minimum Gasteiger partial charge on any atom is -0.457 e. The van der Waals surface area contributed by atoms with Gasteiger partial charge in [-0.2, -0.15) is 0 Å². The van der Waals surface area contributed by atoms with Crippen molar-refractivity contribution in [1.82, 2.24) is 9.97 Å². The van der Waals surface area contributed by atoms with E-state index in [1.165, 1.54) is 0 Å². The van der Waals surface area contributed by atoms with Gasteiger partial charge < -0.3 is 15.0 Å². The minimum absolute atomic E-state index is 0.145. The van der Waals surface area contributed by atoms with Crippen molar-refractivity contribution in [2.24, 2.45) is 0 Å². The van der Waals surface area contributed by atoms with E-state index in [1.807, 2.05) is 91.0 Å². The summed E-state index contributed by atoms with van der Waals surface area (Å²) < 4.78 is 5.85. The summed E-state index contributed by atoms with van der Waals surface area (Å²) in [5.74, 6) is 2.17. The number of aromatic nitrogens is 2. The van der Waals surface area contributed by atoms with Gasteiger partial charge in [-0.15, -0.1) is 0 Å². The lowest BCUT2D eigenvalue weighted by atomic mass is 10.2. The number of anilines is 1. The monoisotopic (exact) mass is 405 g/mol. The summed E-state index contributed by atoms with van der Waals surface area (Å²) in [7, 11) is 0. The zero-order valence-corrected chi connectivity index (χ0v) is 16.6. The number of amides is 1. The smallest absolute Gasteiger partial charge is 0.255 e. The summed E-state index contributed by atoms with van der Waals surface area (Å²) in [5, 5.41) is 2.93. The molecular weight excluding hydrogens is 386 g/mol. The van der Waals surface area contributed by atoms with Gasteiger partial charge in [0, 0.05) is 16.8 Å². The van der Waals surface area contributed by atoms with E-state index in [9.17, 15) is 4.79 Å². The van der Waals surface area contributed by atoms with Crippen molar-refractivity contribution in [3.8, 4) is 22.9 Å². The van der Waals surface area contributed by atoms with Gasteiger partial charge in [0.05, 0.1) is 11.0 Å². The molecule has 5 heteroatoms. The van der Waals surface area contributed by atoms with E-state index in [0.717, 1.165) is 33.9 Å². The second-order valence-electron chi connectivity index (χ2n) is 7.08. The van der Waals surface area contributed by atoms with Crippen LogP contribution in [0.1, 0.15) is 10.4 Å². The molecule has 0 aliphatic rings. The third-order valence-corrected chi connectivity index (χ3v) is 4.88. The first-order chi connectivity index (χ1) is 15.2. The average Bonchev–Trinajstić information content (AvgIpc) is 3.24. The van der Waals surface area contributed by atoms with Crippen molar-refractivity contribution in [1.29, 1.82) is 0 Å². The Kier molecular flexibility index (Phi) is 4.91. The highest BCUT2D eigenvalue weighted by Gasteiger charge is 2.09. The van der Waals surface area contributed by atoms with Gasteiger partial charge in [-0.1, -0.05) is 36.4 Å². The molecule has 150 valence electrons. The zero-order chi connectivity index (χ0) is 21.0. The molecule has 0 saturated carbocycles. The number of hydrogen-bond acceptors (Lipinski definition) is 3. The Morgan fingerprint density at radius 1 is 0.774 bits per heavy atom. The molecule has 5 rings (SSSR count). The second-order valence-corrected chi connectivity index (χ2v) is 7.08. The van der Waals surface area contributed by atoms with Crippen molar-refractivity contribution in [3.05, 3.63) is 109 Å². The molecule has 31 heavy (non-hydrogen) atoms. The van der Waals surface area contributed by atoms with Crippen LogP contribution in [0.15, 0.2) is 103 Å². The predicted octanol–water partition coefficient (Wildman–Crippen LogP) is 6.27. The fourth-order valence-electron chi connectivity index (χ4n) is 3.32. The van der Waals surface area contributed by atoms with Crippen LogP contribution in [-0.2, 0) is 0 Å². The number of hydrogen-bond donors (Lipinski definition) is 2. The molecular formula is C26H19N3O2. The number of nitrogens with zero attached hydrogens (tertiary/aromatic N) is 1. The number of para-hydroxylation sites is 1. The van der Waals surface area contributed by atoms with Gasteiger partial charge in [-0.05, 0) is 66.7 Å². The van der Waals surface area contributed by atoms with E-state index in [0.29, 0.717) is 11.3 Å². The third-order valence-electron chi connectivity index (χ3n) is 4.88. The lowest BCUT2D eigenvalue weighted by Crippen LogP contribution is -2.11. The molecule has 0 fully saturated rings. The van der Waals surface area contributed by atoms with Crippen LogP contribution in [0.2, 0.25) is 0 Å². The maximum absolute atomic E-state index is 12.4. The molecule has 5 nitrogen and oxygen atoms in total. The molecule has 0 spiro atoms. The van der Waals surface area contributed by atoms with Gasteiger partial charge >= 0.3 is 0 Å². The fourth-order valence-corrected chi connectivity index (χ4v) is 3.32. The largest absolute Gasteiger partial charge is 0.457 e. The molecule has 1 amide bonds. The number of ether oxygens (including phenoxy) is 1. The van der Waals surface area contributed by atoms with E-state index >= 15 is 0 Å². The first-order valence-corrected chi connectivity index (χ1v) is 9.94. The molecule has 1 aromatic heterocycles. The predicted molar refractivity (Wildman–Crippen MR) is 122 cm³/mol. The van der Waals surface area contributed by atoms with Crippen molar-refractivity contribution >= 4 is 22.6 Å². The minimum atomic E-state index is -0.145. The van der Waals surface area contributed by atoms with Gasteiger partial charge in [0.1, 0.15) is 17.3 Å². The lowest BCUT2D eigenvalue weighted by Gasteiger charge is -2.05. The van der Waals surface area contributed by atoms with Crippen LogP contribution in [-0.4, -0.2) is 15.9 Å². The molecule has 0 unspecified atom stereocenters. The molecule has 5 aromatic rings. The summed E-state index contributed by atoms with van der Waals surface area (Å²) >= 11 is 0. The van der Waals surface area contributed by atoms with Crippen LogP contribution in [0.4, 0.5) is 5.69 Å². The number of rotatable bonds is 5. The number of carbonyl (C=O) groups excluding carboxylic acids is 1. The van der Waals surface area contributed by atoms with E-state index in [-0.39, 0.29) is 5.91 Å². The normalized spacial score (nSPS) is 10.7. The van der Waals surface area contributed by atoms with Gasteiger partial charge in [0.2, 0.25) is 0 Å². The molecule has 1 heterocycles. The highest BCUT2D eigenvalue weighted by Crippen LogP contribution is 2.27. The number of aromatic amines is 1. The van der Waals surface area contributed by atoms with Crippen LogP contribution in [0.25, 0.3) is 22.4 Å². The molecule has 0 bridgehead atoms. The molecule has 0 aliphatic carbocycles. The topological polar surface area (TPSA) is 67.0 Å². The van der Waals surface area contributed by atoms with E-state index in [1.54, 1.807) is 12.1 Å². The Hall–Kier alpha value is -4.38. The van der Waals surface area contributed by atoms with Crippen molar-refractivity contribution in [2.75, 3.05) is 5.32 Å². The highest BCUT2D eigenvalue weighted by molar-refractivity contribution is 6.05. The average molecular weight is 405 g/mol. The van der Waals surface area contributed by atoms with Crippen LogP contribution in [0.5, 0.6) is 11.5 Å². The maximum Gasteiger partial charge on any atom is 0.255 e. The van der Waals surface area contributed by atoms with Gasteiger partial charge in [-0.3, -0.25) is 4.79 Å². The summed E-state index contributed by atoms with van der Waals surface area (Å²) in [4.78, 5) is 20.4. The Morgan fingerprint density at radius 3 is 2.19 bits per heavy atom. The first kappa shape index (κ1) is 18.6. The van der Waals surface area contributed by atoms with Crippen LogP contribution in [0, 0.1) is 0 Å². The Morgan fingerprint density at radius 2 is 1.45 bits per heavy atom. The fraction of sp³-hybridized carbons (Fsp3) is 0. The maximum atomic E-state index is 12.4. The van der Waals surface area contributed by atoms with Crippen LogP contribution >= 0.6 is 0 Å². The number of nitrogens with one attached hydrogen (secondary N) is 2. The molecule has 0 radical (unpaired) electrons. The van der Waals surface area contributed by atoms with Crippen molar-refractivity contribution < 1.29 is 9.53 Å². The van der Waals surface area contributed by atoms with E-state index in [4.69, 9.17) is 4.74 Å². The van der Waals surface area contributed by atoms with E-state index in [2.05, 4.69) is 15.3 Å². The summed E-state index contributed by atoms with van der Waals surface area (Å²) in [6.07, 6.45) is 0. The summed E-state index contributed by atoms with van der Waals surface area (Å²) in [6, 6.07) is 32.2.